The summed E-state index contributed by atoms with van der Waals surface area (Å²) >= 11 is 0. The first-order valence-electron chi connectivity index (χ1n) is 11.3. The predicted molar refractivity (Wildman–Crippen MR) is 128 cm³/mol. The van der Waals surface area contributed by atoms with E-state index in [0.29, 0.717) is 18.8 Å². The van der Waals surface area contributed by atoms with Crippen LogP contribution in [-0.4, -0.2) is 26.5 Å². The Kier molecular flexibility index (Phi) is 10.7. The van der Waals surface area contributed by atoms with E-state index in [9.17, 15) is 13.2 Å². The van der Waals surface area contributed by atoms with Gasteiger partial charge in [-0.15, -0.1) is 0 Å². The van der Waals surface area contributed by atoms with Crippen LogP contribution in [0.5, 0.6) is 0 Å². The molecule has 7 heteroatoms. The number of amides is 1. The lowest BCUT2D eigenvalue weighted by molar-refractivity contribution is -0.120. The summed E-state index contributed by atoms with van der Waals surface area (Å²) in [6, 6.07) is 9.42. The molecule has 0 aromatic heterocycles. The van der Waals surface area contributed by atoms with Crippen LogP contribution in [0.15, 0.2) is 30.3 Å². The number of rotatable bonds is 13. The molecule has 0 aliphatic rings. The minimum absolute atomic E-state index is 0.0239. The lowest BCUT2D eigenvalue weighted by atomic mass is 9.74. The van der Waals surface area contributed by atoms with Crippen molar-refractivity contribution in [3.8, 4) is 0 Å². The Morgan fingerprint density at radius 2 is 1.65 bits per heavy atom. The van der Waals surface area contributed by atoms with Gasteiger partial charge in [0.1, 0.15) is 0 Å². The van der Waals surface area contributed by atoms with Gasteiger partial charge in [0.25, 0.3) is 0 Å². The quantitative estimate of drug-likeness (QED) is 0.411. The van der Waals surface area contributed by atoms with E-state index in [4.69, 9.17) is 4.18 Å². The molecular formula is C24H42N2O4S. The van der Waals surface area contributed by atoms with Gasteiger partial charge in [0.2, 0.25) is 5.91 Å². The maximum atomic E-state index is 12.7. The molecule has 0 radical (unpaired) electrons. The Morgan fingerprint density at radius 3 is 2.19 bits per heavy atom. The molecule has 0 bridgehead atoms. The third kappa shape index (κ3) is 12.2. The first-order chi connectivity index (χ1) is 14.2. The molecule has 1 aromatic carbocycles. The van der Waals surface area contributed by atoms with Gasteiger partial charge in [-0.1, -0.05) is 58.7 Å². The number of nitrogens with one attached hydrogen (secondary N) is 2. The van der Waals surface area contributed by atoms with Crippen LogP contribution < -0.4 is 10.0 Å². The highest BCUT2D eigenvalue weighted by Crippen LogP contribution is 2.36. The third-order valence-electron chi connectivity index (χ3n) is 5.22. The molecule has 0 fully saturated rings. The van der Waals surface area contributed by atoms with Gasteiger partial charge < -0.3 is 5.32 Å². The van der Waals surface area contributed by atoms with Gasteiger partial charge in [-0.25, -0.2) is 0 Å². The van der Waals surface area contributed by atoms with E-state index in [0.717, 1.165) is 24.9 Å². The SMILES string of the molecule is CC(C)CCCC(C)(CCOS(=O)(=O)NC(C)(C)C)CC(C)C(=O)Nc1ccccc1. The Bertz CT molecular complexity index is 773. The molecule has 0 aliphatic heterocycles. The molecule has 2 N–H and O–H groups in total. The molecule has 0 saturated heterocycles. The van der Waals surface area contributed by atoms with Crippen LogP contribution in [0, 0.1) is 17.3 Å². The molecule has 1 aromatic rings. The van der Waals surface area contributed by atoms with Crippen LogP contribution in [0.25, 0.3) is 0 Å². The first-order valence-corrected chi connectivity index (χ1v) is 12.7. The molecular weight excluding hydrogens is 412 g/mol. The highest BCUT2D eigenvalue weighted by atomic mass is 32.2. The fourth-order valence-corrected chi connectivity index (χ4v) is 4.80. The van der Waals surface area contributed by atoms with Crippen LogP contribution in [0.2, 0.25) is 0 Å². The van der Waals surface area contributed by atoms with E-state index in [1.54, 1.807) is 20.8 Å². The third-order valence-corrected chi connectivity index (χ3v) is 6.56. The molecule has 1 amide bonds. The monoisotopic (exact) mass is 454 g/mol. The lowest BCUT2D eigenvalue weighted by Gasteiger charge is -2.32. The average Bonchev–Trinajstić information content (AvgIpc) is 2.59. The summed E-state index contributed by atoms with van der Waals surface area (Å²) in [6.07, 6.45) is 4.29. The number of carbonyl (C=O) groups is 1. The van der Waals surface area contributed by atoms with Crippen molar-refractivity contribution < 1.29 is 17.4 Å². The zero-order valence-corrected chi connectivity index (χ0v) is 21.1. The Morgan fingerprint density at radius 1 is 1.03 bits per heavy atom. The zero-order chi connectivity index (χ0) is 23.7. The largest absolute Gasteiger partial charge is 0.336 e. The van der Waals surface area contributed by atoms with Crippen molar-refractivity contribution in [2.24, 2.45) is 17.3 Å². The van der Waals surface area contributed by atoms with Gasteiger partial charge in [-0.05, 0) is 63.5 Å². The Labute approximate surface area is 189 Å². The second-order valence-corrected chi connectivity index (χ2v) is 11.8. The van der Waals surface area contributed by atoms with E-state index >= 15 is 0 Å². The minimum atomic E-state index is -3.81. The topological polar surface area (TPSA) is 84.5 Å². The summed E-state index contributed by atoms with van der Waals surface area (Å²) in [5.74, 6) is 0.383. The number of hydrogen-bond donors (Lipinski definition) is 2. The molecule has 0 saturated carbocycles. The van der Waals surface area contributed by atoms with Gasteiger partial charge >= 0.3 is 10.3 Å². The smallest absolute Gasteiger partial charge is 0.326 e. The first kappa shape index (κ1) is 27.6. The molecule has 6 nitrogen and oxygen atoms in total. The van der Waals surface area contributed by atoms with Crippen LogP contribution in [0.3, 0.4) is 0 Å². The van der Waals surface area contributed by atoms with Gasteiger partial charge in [0, 0.05) is 17.1 Å². The Balaban J connectivity index is 2.75. The zero-order valence-electron chi connectivity index (χ0n) is 20.3. The van der Waals surface area contributed by atoms with E-state index in [-0.39, 0.29) is 23.8 Å². The standard InChI is InChI=1S/C24H42N2O4S/c1-19(2)12-11-15-24(7,16-17-30-31(28,29)26-23(4,5)6)18-20(3)22(27)25-21-13-9-8-10-14-21/h8-10,13-14,19-20,26H,11-12,15-18H2,1-7H3,(H,25,27). The molecule has 2 atom stereocenters. The summed E-state index contributed by atoms with van der Waals surface area (Å²) in [5.41, 5.74) is -0.00760. The summed E-state index contributed by atoms with van der Waals surface area (Å²) in [4.78, 5) is 12.7. The molecule has 0 heterocycles. The summed E-state index contributed by atoms with van der Waals surface area (Å²) in [5, 5.41) is 2.97. The van der Waals surface area contributed by atoms with Crippen LogP contribution in [0.4, 0.5) is 5.69 Å². The number of benzene rings is 1. The van der Waals surface area contributed by atoms with Crippen LogP contribution >= 0.6 is 0 Å². The number of carbonyl (C=O) groups excluding carboxylic acids is 1. The second kappa shape index (κ2) is 12.0. The van der Waals surface area contributed by atoms with Gasteiger partial charge in [-0.2, -0.15) is 13.1 Å². The van der Waals surface area contributed by atoms with Crippen molar-refractivity contribution in [2.45, 2.75) is 86.1 Å². The van der Waals surface area contributed by atoms with E-state index in [1.165, 1.54) is 0 Å². The number of para-hydroxylation sites is 1. The Hall–Kier alpha value is -1.44. The maximum Gasteiger partial charge on any atom is 0.336 e. The van der Waals surface area contributed by atoms with Gasteiger partial charge in [0.05, 0.1) is 6.61 Å². The summed E-state index contributed by atoms with van der Waals surface area (Å²) in [7, 11) is -3.81. The molecule has 1 rings (SSSR count). The predicted octanol–water partition coefficient (Wildman–Crippen LogP) is 5.52. The van der Waals surface area contributed by atoms with E-state index in [1.807, 2.05) is 37.3 Å². The fourth-order valence-electron chi connectivity index (χ4n) is 3.69. The molecule has 2 unspecified atom stereocenters. The fraction of sp³-hybridized carbons (Fsp3) is 0.708. The second-order valence-electron chi connectivity index (χ2n) is 10.4. The average molecular weight is 455 g/mol. The maximum absolute atomic E-state index is 12.7. The highest BCUT2D eigenvalue weighted by Gasteiger charge is 2.30. The van der Waals surface area contributed by atoms with Crippen molar-refractivity contribution in [3.63, 3.8) is 0 Å². The van der Waals surface area contributed by atoms with Gasteiger partial charge in [-0.3, -0.25) is 8.98 Å². The molecule has 0 aliphatic carbocycles. The number of hydrogen-bond acceptors (Lipinski definition) is 4. The normalized spacial score (nSPS) is 15.5. The van der Waals surface area contributed by atoms with Crippen molar-refractivity contribution in [1.82, 2.24) is 4.72 Å². The van der Waals surface area contributed by atoms with Crippen LogP contribution in [-0.2, 0) is 19.3 Å². The summed E-state index contributed by atoms with van der Waals surface area (Å²) in [6.45, 7) is 13.9. The van der Waals surface area contributed by atoms with Crippen molar-refractivity contribution in [1.29, 1.82) is 0 Å². The van der Waals surface area contributed by atoms with Gasteiger partial charge in [0.15, 0.2) is 0 Å². The lowest BCUT2D eigenvalue weighted by Crippen LogP contribution is -2.41. The molecule has 178 valence electrons. The molecule has 0 spiro atoms. The van der Waals surface area contributed by atoms with E-state index < -0.39 is 15.8 Å². The summed E-state index contributed by atoms with van der Waals surface area (Å²) < 4.78 is 32.1. The molecule has 31 heavy (non-hydrogen) atoms. The minimum Gasteiger partial charge on any atom is -0.326 e. The number of anilines is 1. The van der Waals surface area contributed by atoms with E-state index in [2.05, 4.69) is 30.8 Å². The van der Waals surface area contributed by atoms with Crippen molar-refractivity contribution in [3.05, 3.63) is 30.3 Å². The van der Waals surface area contributed by atoms with Crippen molar-refractivity contribution >= 4 is 21.9 Å². The van der Waals surface area contributed by atoms with Crippen LogP contribution in [0.1, 0.15) is 80.6 Å². The highest BCUT2D eigenvalue weighted by molar-refractivity contribution is 7.84. The van der Waals surface area contributed by atoms with Crippen molar-refractivity contribution in [2.75, 3.05) is 11.9 Å².